The first-order chi connectivity index (χ1) is 10.2. The average Bonchev–Trinajstić information content (AvgIpc) is 2.96. The minimum absolute atomic E-state index is 0.0509. The van der Waals surface area contributed by atoms with E-state index in [9.17, 15) is 9.90 Å². The van der Waals surface area contributed by atoms with Crippen molar-refractivity contribution in [3.05, 3.63) is 52.7 Å². The molecule has 1 aromatic heterocycles. The fourth-order valence-electron chi connectivity index (χ4n) is 3.22. The maximum Gasteiger partial charge on any atom is 0.343 e. The quantitative estimate of drug-likeness (QED) is 0.776. The van der Waals surface area contributed by atoms with Gasteiger partial charge >= 0.3 is 5.69 Å². The Balaban J connectivity index is 1.81. The molecule has 0 aliphatic carbocycles. The minimum Gasteiger partial charge on any atom is -0.396 e. The molecule has 0 unspecified atom stereocenters. The van der Waals surface area contributed by atoms with Crippen LogP contribution < -0.4 is 11.0 Å². The molecule has 3 N–H and O–H groups in total. The fraction of sp³-hybridized carbons (Fsp3) is 0.467. The summed E-state index contributed by atoms with van der Waals surface area (Å²) in [5.74, 6) is 0. The van der Waals surface area contributed by atoms with Crippen LogP contribution in [0.5, 0.6) is 0 Å². The second-order valence-electron chi connectivity index (χ2n) is 5.61. The van der Waals surface area contributed by atoms with Crippen molar-refractivity contribution in [3.8, 4) is 0 Å². The van der Waals surface area contributed by atoms with Gasteiger partial charge in [0.1, 0.15) is 6.33 Å². The molecule has 0 radical (unpaired) electrons. The van der Waals surface area contributed by atoms with Crippen LogP contribution in [0.25, 0.3) is 0 Å². The van der Waals surface area contributed by atoms with Gasteiger partial charge in [-0.25, -0.2) is 9.89 Å². The van der Waals surface area contributed by atoms with Crippen LogP contribution in [0.15, 0.2) is 41.5 Å². The molecule has 2 atom stereocenters. The highest BCUT2D eigenvalue weighted by atomic mass is 16.3. The smallest absolute Gasteiger partial charge is 0.343 e. The highest BCUT2D eigenvalue weighted by Gasteiger charge is 2.37. The number of rotatable bonds is 4. The van der Waals surface area contributed by atoms with Crippen LogP contribution in [0.1, 0.15) is 30.9 Å². The van der Waals surface area contributed by atoms with Crippen molar-refractivity contribution < 1.29 is 5.11 Å². The topological polar surface area (TPSA) is 82.9 Å². The van der Waals surface area contributed by atoms with Crippen molar-refractivity contribution >= 4 is 0 Å². The zero-order valence-corrected chi connectivity index (χ0v) is 11.8. The summed E-state index contributed by atoms with van der Waals surface area (Å²) in [6.07, 6.45) is 3.82. The standard InChI is InChI=1S/C15H20N4O2/c20-9-8-15(19-11-17-18-14(19)21)7-6-13(16-10-15)12-4-2-1-3-5-12/h1-5,11,13,16,20H,6-10H2,(H,18,21)/t13-,15+/m0/s1. The van der Waals surface area contributed by atoms with Crippen LogP contribution in [0.4, 0.5) is 0 Å². The molecule has 21 heavy (non-hydrogen) atoms. The van der Waals surface area contributed by atoms with E-state index < -0.39 is 5.54 Å². The first kappa shape index (κ1) is 14.0. The fourth-order valence-corrected chi connectivity index (χ4v) is 3.22. The van der Waals surface area contributed by atoms with E-state index >= 15 is 0 Å². The van der Waals surface area contributed by atoms with E-state index in [1.165, 1.54) is 11.9 Å². The van der Waals surface area contributed by atoms with Gasteiger partial charge in [-0.2, -0.15) is 5.10 Å². The van der Waals surface area contributed by atoms with Crippen LogP contribution in [-0.4, -0.2) is 33.0 Å². The number of H-pyrrole nitrogens is 1. The average molecular weight is 288 g/mol. The van der Waals surface area contributed by atoms with Crippen LogP contribution in [0, 0.1) is 0 Å². The van der Waals surface area contributed by atoms with E-state index in [0.29, 0.717) is 19.0 Å². The zero-order chi connectivity index (χ0) is 14.7. The number of aliphatic hydroxyl groups excluding tert-OH is 1. The lowest BCUT2D eigenvalue weighted by Gasteiger charge is -2.41. The highest BCUT2D eigenvalue weighted by Crippen LogP contribution is 2.34. The molecule has 3 rings (SSSR count). The van der Waals surface area contributed by atoms with Gasteiger partial charge in [-0.15, -0.1) is 0 Å². The molecule has 0 bridgehead atoms. The monoisotopic (exact) mass is 288 g/mol. The van der Waals surface area contributed by atoms with Gasteiger partial charge in [0, 0.05) is 19.2 Å². The van der Waals surface area contributed by atoms with E-state index in [1.54, 1.807) is 4.57 Å². The number of nitrogens with one attached hydrogen (secondary N) is 2. The third-order valence-corrected chi connectivity index (χ3v) is 4.42. The number of hydrogen-bond donors (Lipinski definition) is 3. The van der Waals surface area contributed by atoms with Gasteiger partial charge in [-0.3, -0.25) is 4.57 Å². The lowest BCUT2D eigenvalue weighted by atomic mass is 9.82. The van der Waals surface area contributed by atoms with E-state index in [-0.39, 0.29) is 12.3 Å². The molecule has 1 aliphatic heterocycles. The molecule has 112 valence electrons. The minimum atomic E-state index is -0.399. The summed E-state index contributed by atoms with van der Waals surface area (Å²) in [6.45, 7) is 0.696. The maximum atomic E-state index is 11.9. The number of aromatic amines is 1. The number of piperidine rings is 1. The zero-order valence-electron chi connectivity index (χ0n) is 11.8. The summed E-state index contributed by atoms with van der Waals surface area (Å²) < 4.78 is 1.62. The van der Waals surface area contributed by atoms with E-state index in [4.69, 9.17) is 0 Å². The van der Waals surface area contributed by atoms with Crippen molar-refractivity contribution in [1.82, 2.24) is 20.1 Å². The third kappa shape index (κ3) is 2.64. The molecule has 2 aromatic rings. The first-order valence-electron chi connectivity index (χ1n) is 7.27. The normalized spacial score (nSPS) is 25.9. The summed E-state index contributed by atoms with van der Waals surface area (Å²) in [4.78, 5) is 11.9. The second kappa shape index (κ2) is 5.83. The van der Waals surface area contributed by atoms with Crippen LogP contribution in [0.3, 0.4) is 0 Å². The Bertz CT molecular complexity index is 626. The van der Waals surface area contributed by atoms with Crippen molar-refractivity contribution in [3.63, 3.8) is 0 Å². The van der Waals surface area contributed by atoms with Crippen molar-refractivity contribution in [2.45, 2.75) is 30.8 Å². The lowest BCUT2D eigenvalue weighted by molar-refractivity contribution is 0.127. The third-order valence-electron chi connectivity index (χ3n) is 4.42. The SMILES string of the molecule is O=c1[nH]ncn1[C@@]1(CCO)CC[C@@H](c2ccccc2)NC1. The number of benzene rings is 1. The predicted molar refractivity (Wildman–Crippen MR) is 78.9 cm³/mol. The van der Waals surface area contributed by atoms with Gasteiger partial charge in [-0.05, 0) is 24.8 Å². The Kier molecular flexibility index (Phi) is 3.90. The van der Waals surface area contributed by atoms with Crippen molar-refractivity contribution in [2.24, 2.45) is 0 Å². The summed E-state index contributed by atoms with van der Waals surface area (Å²) in [6, 6.07) is 10.6. The Labute approximate surface area is 122 Å². The van der Waals surface area contributed by atoms with E-state index in [1.807, 2.05) is 18.2 Å². The van der Waals surface area contributed by atoms with Crippen LogP contribution in [0.2, 0.25) is 0 Å². The number of hydrogen-bond acceptors (Lipinski definition) is 4. The largest absolute Gasteiger partial charge is 0.396 e. The molecule has 2 heterocycles. The molecule has 1 aromatic carbocycles. The Morgan fingerprint density at radius 3 is 2.76 bits per heavy atom. The first-order valence-corrected chi connectivity index (χ1v) is 7.27. The second-order valence-corrected chi connectivity index (χ2v) is 5.61. The number of aliphatic hydroxyl groups is 1. The number of nitrogens with zero attached hydrogens (tertiary/aromatic N) is 2. The molecule has 0 saturated carbocycles. The van der Waals surface area contributed by atoms with Gasteiger partial charge in [0.15, 0.2) is 0 Å². The molecule has 1 fully saturated rings. The van der Waals surface area contributed by atoms with Crippen molar-refractivity contribution in [2.75, 3.05) is 13.2 Å². The van der Waals surface area contributed by atoms with Crippen molar-refractivity contribution in [1.29, 1.82) is 0 Å². The van der Waals surface area contributed by atoms with Crippen LogP contribution in [-0.2, 0) is 5.54 Å². The number of aromatic nitrogens is 3. The molecule has 6 nitrogen and oxygen atoms in total. The van der Waals surface area contributed by atoms with Gasteiger partial charge in [0.2, 0.25) is 0 Å². The highest BCUT2D eigenvalue weighted by molar-refractivity contribution is 5.20. The lowest BCUT2D eigenvalue weighted by Crippen LogP contribution is -2.52. The van der Waals surface area contributed by atoms with E-state index in [2.05, 4.69) is 27.6 Å². The summed E-state index contributed by atoms with van der Waals surface area (Å²) in [7, 11) is 0. The van der Waals surface area contributed by atoms with Gasteiger partial charge in [0.25, 0.3) is 0 Å². The summed E-state index contributed by atoms with van der Waals surface area (Å²) in [5.41, 5.74) is 0.641. The molecular weight excluding hydrogens is 268 g/mol. The van der Waals surface area contributed by atoms with Gasteiger partial charge < -0.3 is 10.4 Å². The molecule has 1 saturated heterocycles. The summed E-state index contributed by atoms with van der Waals surface area (Å²) in [5, 5.41) is 19.2. The molecule has 0 spiro atoms. The molecule has 1 aliphatic rings. The van der Waals surface area contributed by atoms with Crippen LogP contribution >= 0.6 is 0 Å². The molecular formula is C15H20N4O2. The molecule has 0 amide bonds. The van der Waals surface area contributed by atoms with E-state index in [0.717, 1.165) is 12.8 Å². The maximum absolute atomic E-state index is 11.9. The van der Waals surface area contributed by atoms with Gasteiger partial charge in [-0.1, -0.05) is 30.3 Å². The Hall–Kier alpha value is -1.92. The Morgan fingerprint density at radius 2 is 2.19 bits per heavy atom. The van der Waals surface area contributed by atoms with Gasteiger partial charge in [0.05, 0.1) is 5.54 Å². The molecule has 6 heteroatoms. The summed E-state index contributed by atoms with van der Waals surface area (Å²) >= 11 is 0. The Morgan fingerprint density at radius 1 is 1.38 bits per heavy atom. The predicted octanol–water partition coefficient (Wildman–Crippen LogP) is 0.774.